The van der Waals surface area contributed by atoms with E-state index in [-0.39, 0.29) is 21.1 Å². The van der Waals surface area contributed by atoms with Crippen LogP contribution in [-0.4, -0.2) is 0 Å². The molecule has 54 valence electrons. The third-order valence-corrected chi connectivity index (χ3v) is 1.02. The fraction of sp³-hybridized carbons (Fsp3) is 0.625. The molecule has 0 aliphatic rings. The van der Waals surface area contributed by atoms with Crippen molar-refractivity contribution in [3.8, 4) is 0 Å². The van der Waals surface area contributed by atoms with Gasteiger partial charge in [0.15, 0.2) is 0 Å². The van der Waals surface area contributed by atoms with Crippen LogP contribution in [0.3, 0.4) is 0 Å². The summed E-state index contributed by atoms with van der Waals surface area (Å²) in [6.45, 7) is 5.90. The normalized spacial score (nSPS) is 9.56. The molecule has 9 heavy (non-hydrogen) atoms. The summed E-state index contributed by atoms with van der Waals surface area (Å²) in [4.78, 5) is 0. The van der Waals surface area contributed by atoms with Crippen molar-refractivity contribution < 1.29 is 21.1 Å². The SMILES string of the molecule is [CH2-]CCC/C=C/CC.[W]. The first kappa shape index (κ1) is 12.1. The number of hydrogen-bond acceptors (Lipinski definition) is 0. The van der Waals surface area contributed by atoms with Crippen LogP contribution in [0.15, 0.2) is 12.2 Å². The van der Waals surface area contributed by atoms with Crippen LogP contribution in [0.2, 0.25) is 0 Å². The van der Waals surface area contributed by atoms with Gasteiger partial charge in [0.05, 0.1) is 0 Å². The van der Waals surface area contributed by atoms with Crippen LogP contribution in [0, 0.1) is 6.92 Å². The summed E-state index contributed by atoms with van der Waals surface area (Å²) in [6, 6.07) is 0. The smallest absolute Gasteiger partial charge is 0 e. The van der Waals surface area contributed by atoms with Crippen LogP contribution in [0.5, 0.6) is 0 Å². The van der Waals surface area contributed by atoms with Crippen molar-refractivity contribution in [2.45, 2.75) is 32.6 Å². The maximum absolute atomic E-state index is 3.75. The fourth-order valence-electron chi connectivity index (χ4n) is 0.547. The molecule has 0 aliphatic carbocycles. The molecule has 1 heteroatoms. The van der Waals surface area contributed by atoms with Crippen LogP contribution in [0.25, 0.3) is 0 Å². The molecule has 0 aromatic rings. The van der Waals surface area contributed by atoms with Gasteiger partial charge in [0.25, 0.3) is 0 Å². The Morgan fingerprint density at radius 1 is 1.33 bits per heavy atom. The predicted octanol–water partition coefficient (Wildman–Crippen LogP) is 2.95. The third kappa shape index (κ3) is 11.8. The van der Waals surface area contributed by atoms with Crippen LogP contribution in [0.1, 0.15) is 32.6 Å². The molecule has 0 amide bonds. The summed E-state index contributed by atoms with van der Waals surface area (Å²) in [5.74, 6) is 0. The molecule has 0 aromatic heterocycles. The van der Waals surface area contributed by atoms with Gasteiger partial charge in [0.1, 0.15) is 0 Å². The zero-order valence-corrected chi connectivity index (χ0v) is 9.03. The largest absolute Gasteiger partial charge is 0.343 e. The number of unbranched alkanes of at least 4 members (excludes halogenated alkanes) is 2. The molecule has 0 rings (SSSR count). The van der Waals surface area contributed by atoms with E-state index in [2.05, 4.69) is 26.0 Å². The maximum Gasteiger partial charge on any atom is 0 e. The van der Waals surface area contributed by atoms with Crippen molar-refractivity contribution >= 4 is 0 Å². The minimum absolute atomic E-state index is 0. The molecule has 0 N–H and O–H groups in total. The van der Waals surface area contributed by atoms with Crippen molar-refractivity contribution in [3.63, 3.8) is 0 Å². The molecule has 0 aliphatic heterocycles. The van der Waals surface area contributed by atoms with Gasteiger partial charge in [-0.05, 0) is 12.8 Å². The first-order valence-electron chi connectivity index (χ1n) is 3.36. The fourth-order valence-corrected chi connectivity index (χ4v) is 0.547. The molecule has 0 saturated carbocycles. The van der Waals surface area contributed by atoms with Gasteiger partial charge in [-0.15, -0.1) is 0 Å². The van der Waals surface area contributed by atoms with Crippen molar-refractivity contribution in [1.29, 1.82) is 0 Å². The molecule has 0 heterocycles. The Bertz CT molecular complexity index is 57.6. The Balaban J connectivity index is 0. The molecule has 0 fully saturated rings. The molecule has 0 nitrogen and oxygen atoms in total. The van der Waals surface area contributed by atoms with Gasteiger partial charge in [-0.1, -0.05) is 25.5 Å². The van der Waals surface area contributed by atoms with Crippen molar-refractivity contribution in [2.75, 3.05) is 0 Å². The van der Waals surface area contributed by atoms with E-state index >= 15 is 0 Å². The molecular formula is C8H15W-. The molecule has 0 saturated heterocycles. The van der Waals surface area contributed by atoms with Crippen LogP contribution < -0.4 is 0 Å². The van der Waals surface area contributed by atoms with Gasteiger partial charge in [0.2, 0.25) is 0 Å². The molecule has 0 spiro atoms. The summed E-state index contributed by atoms with van der Waals surface area (Å²) >= 11 is 0. The minimum Gasteiger partial charge on any atom is -0.343 e. The second kappa shape index (κ2) is 11.3. The van der Waals surface area contributed by atoms with Gasteiger partial charge < -0.3 is 6.92 Å². The summed E-state index contributed by atoms with van der Waals surface area (Å²) in [5, 5.41) is 0. The Hall–Kier alpha value is 0.428. The van der Waals surface area contributed by atoms with Crippen molar-refractivity contribution in [3.05, 3.63) is 19.1 Å². The standard InChI is InChI=1S/C8H15.W/c1-3-5-7-8-6-4-2;/h6,8H,1,3-5,7H2,2H3;/q-1;/b8-6+;. The van der Waals surface area contributed by atoms with E-state index in [1.54, 1.807) is 0 Å². The van der Waals surface area contributed by atoms with E-state index < -0.39 is 0 Å². The van der Waals surface area contributed by atoms with Crippen LogP contribution in [-0.2, 0) is 21.1 Å². The average molecular weight is 295 g/mol. The van der Waals surface area contributed by atoms with E-state index in [4.69, 9.17) is 0 Å². The zero-order chi connectivity index (χ0) is 6.24. The topological polar surface area (TPSA) is 0 Å². The van der Waals surface area contributed by atoms with E-state index in [1.807, 2.05) is 0 Å². The second-order valence-electron chi connectivity index (χ2n) is 1.88. The molecule has 0 aromatic carbocycles. The minimum atomic E-state index is 0. The summed E-state index contributed by atoms with van der Waals surface area (Å²) in [7, 11) is 0. The number of rotatable bonds is 4. The predicted molar refractivity (Wildman–Crippen MR) is 38.6 cm³/mol. The molecule has 0 radical (unpaired) electrons. The van der Waals surface area contributed by atoms with E-state index in [9.17, 15) is 0 Å². The molecule has 0 atom stereocenters. The number of allylic oxidation sites excluding steroid dienone is 2. The van der Waals surface area contributed by atoms with Crippen molar-refractivity contribution in [2.24, 2.45) is 0 Å². The third-order valence-electron chi connectivity index (χ3n) is 1.02. The number of hydrogen-bond donors (Lipinski definition) is 0. The van der Waals surface area contributed by atoms with E-state index in [0.29, 0.717) is 0 Å². The van der Waals surface area contributed by atoms with Crippen LogP contribution >= 0.6 is 0 Å². The van der Waals surface area contributed by atoms with Gasteiger partial charge >= 0.3 is 0 Å². The van der Waals surface area contributed by atoms with Gasteiger partial charge in [-0.2, -0.15) is 6.42 Å². The average Bonchev–Trinajstić information content (AvgIpc) is 1.81. The second-order valence-corrected chi connectivity index (χ2v) is 1.88. The first-order chi connectivity index (χ1) is 3.91. The Labute approximate surface area is 73.0 Å². The van der Waals surface area contributed by atoms with E-state index in [0.717, 1.165) is 12.8 Å². The molecule has 0 bridgehead atoms. The van der Waals surface area contributed by atoms with Gasteiger partial charge in [0, 0.05) is 21.1 Å². The Morgan fingerprint density at radius 3 is 2.44 bits per heavy atom. The Kier molecular flexibility index (Phi) is 15.2. The van der Waals surface area contributed by atoms with E-state index in [1.165, 1.54) is 12.8 Å². The quantitative estimate of drug-likeness (QED) is 0.425. The summed E-state index contributed by atoms with van der Waals surface area (Å²) in [6.07, 6.45) is 9.10. The monoisotopic (exact) mass is 295 g/mol. The summed E-state index contributed by atoms with van der Waals surface area (Å²) in [5.41, 5.74) is 0. The van der Waals surface area contributed by atoms with Crippen LogP contribution in [0.4, 0.5) is 0 Å². The van der Waals surface area contributed by atoms with Crippen molar-refractivity contribution in [1.82, 2.24) is 0 Å². The molecule has 0 unspecified atom stereocenters. The Morgan fingerprint density at radius 2 is 2.00 bits per heavy atom. The molecular weight excluding hydrogens is 280 g/mol. The first-order valence-corrected chi connectivity index (χ1v) is 3.36. The van der Waals surface area contributed by atoms with Gasteiger partial charge in [-0.3, -0.25) is 0 Å². The summed E-state index contributed by atoms with van der Waals surface area (Å²) < 4.78 is 0. The zero-order valence-electron chi connectivity index (χ0n) is 6.10. The maximum atomic E-state index is 3.75. The van der Waals surface area contributed by atoms with Gasteiger partial charge in [-0.25, -0.2) is 0 Å².